The summed E-state index contributed by atoms with van der Waals surface area (Å²) in [7, 11) is -1.64. The molecule has 0 saturated heterocycles. The highest BCUT2D eigenvalue weighted by Crippen LogP contribution is 2.40. The Kier molecular flexibility index (Phi) is 5.53. The maximum absolute atomic E-state index is 3.87. The van der Waals surface area contributed by atoms with Crippen LogP contribution in [0.5, 0.6) is 0 Å². The Morgan fingerprint density at radius 2 is 1.17 bits per heavy atom. The summed E-state index contributed by atoms with van der Waals surface area (Å²) in [4.78, 5) is 1.21. The summed E-state index contributed by atoms with van der Waals surface area (Å²) in [6, 6.07) is 24.3. The summed E-state index contributed by atoms with van der Waals surface area (Å²) in [6.45, 7) is 11.8. The van der Waals surface area contributed by atoms with Crippen LogP contribution in [0, 0.1) is 11.5 Å². The molecule has 0 amide bonds. The molecule has 6 rings (SSSR count). The van der Waals surface area contributed by atoms with Crippen molar-refractivity contribution in [1.29, 1.82) is 0 Å². The number of fused-ring (bicyclic) bond motifs is 9. The van der Waals surface area contributed by atoms with Gasteiger partial charge >= 0.3 is 0 Å². The first-order valence-corrected chi connectivity index (χ1v) is 16.7. The van der Waals surface area contributed by atoms with Crippen LogP contribution in [0.3, 0.4) is 0 Å². The van der Waals surface area contributed by atoms with Crippen molar-refractivity contribution >= 4 is 83.2 Å². The zero-order valence-corrected chi connectivity index (χ0v) is 23.7. The van der Waals surface area contributed by atoms with Gasteiger partial charge in [0.05, 0.1) is 4.88 Å². The van der Waals surface area contributed by atoms with Crippen molar-refractivity contribution in [2.75, 3.05) is 0 Å². The fourth-order valence-corrected chi connectivity index (χ4v) is 12.0. The highest BCUT2D eigenvalue weighted by atomic mass is 32.1. The van der Waals surface area contributed by atoms with E-state index in [0.717, 1.165) is 0 Å². The minimum Gasteiger partial charge on any atom is -0.144 e. The van der Waals surface area contributed by atoms with E-state index >= 15 is 0 Å². The molecule has 0 fully saturated rings. The number of thiophene rings is 2. The van der Waals surface area contributed by atoms with Crippen LogP contribution >= 0.6 is 22.7 Å². The normalized spacial score (nSPS) is 12.5. The topological polar surface area (TPSA) is 0 Å². The van der Waals surface area contributed by atoms with Gasteiger partial charge in [0, 0.05) is 20.2 Å². The van der Waals surface area contributed by atoms with Gasteiger partial charge in [-0.1, -0.05) is 76.9 Å². The molecular formula is C32H30S2Si. The lowest BCUT2D eigenvalue weighted by atomic mass is 9.95. The molecule has 0 aliphatic rings. The Morgan fingerprint density at radius 1 is 0.657 bits per heavy atom. The van der Waals surface area contributed by atoms with E-state index in [9.17, 15) is 0 Å². The zero-order chi connectivity index (χ0) is 24.3. The van der Waals surface area contributed by atoms with Gasteiger partial charge in [0.25, 0.3) is 0 Å². The highest BCUT2D eigenvalue weighted by molar-refractivity contribution is 7.19. The van der Waals surface area contributed by atoms with E-state index in [1.165, 1.54) is 63.4 Å². The fourth-order valence-electron chi connectivity index (χ4n) is 6.11. The van der Waals surface area contributed by atoms with E-state index < -0.39 is 8.07 Å². The maximum Gasteiger partial charge on any atom is 0.143 e. The van der Waals surface area contributed by atoms with Crippen molar-refractivity contribution in [2.45, 2.75) is 51.7 Å². The average Bonchev–Trinajstić information content (AvgIpc) is 3.50. The molecule has 0 spiro atoms. The molecule has 6 aromatic rings. The smallest absolute Gasteiger partial charge is 0.143 e. The number of hydrogen-bond donors (Lipinski definition) is 0. The summed E-state index contributed by atoms with van der Waals surface area (Å²) >= 11 is 3.66. The zero-order valence-electron chi connectivity index (χ0n) is 21.0. The Bertz CT molecular complexity index is 1800. The molecule has 0 saturated carbocycles. The quantitative estimate of drug-likeness (QED) is 0.127. The predicted octanol–water partition coefficient (Wildman–Crippen LogP) is 10.8. The number of rotatable bonds is 3. The molecule has 0 aliphatic carbocycles. The molecule has 0 atom stereocenters. The molecule has 174 valence electrons. The Labute approximate surface area is 216 Å². The third-order valence-electron chi connectivity index (χ3n) is 8.19. The van der Waals surface area contributed by atoms with Gasteiger partial charge in [-0.15, -0.1) is 28.2 Å². The number of benzene rings is 4. The van der Waals surface area contributed by atoms with Gasteiger partial charge in [-0.25, -0.2) is 0 Å². The largest absolute Gasteiger partial charge is 0.144 e. The van der Waals surface area contributed by atoms with Gasteiger partial charge in [0.1, 0.15) is 8.07 Å². The highest BCUT2D eigenvalue weighted by Gasteiger charge is 2.36. The van der Waals surface area contributed by atoms with Crippen molar-refractivity contribution in [3.8, 4) is 11.5 Å². The number of hydrogen-bond acceptors (Lipinski definition) is 2. The van der Waals surface area contributed by atoms with Crippen LogP contribution in [-0.4, -0.2) is 8.07 Å². The molecule has 0 bridgehead atoms. The van der Waals surface area contributed by atoms with E-state index in [0.29, 0.717) is 11.1 Å². The van der Waals surface area contributed by atoms with Crippen molar-refractivity contribution in [3.63, 3.8) is 0 Å². The second-order valence-electron chi connectivity index (χ2n) is 10.4. The molecule has 2 aromatic heterocycles. The lowest BCUT2D eigenvalue weighted by Gasteiger charge is -2.33. The predicted molar refractivity (Wildman–Crippen MR) is 163 cm³/mol. The SMILES string of the molecule is CC[Si](C#Cc1cc2c(ccc3c2ccc2c4ccc5sccc5c4ccc32)s1)(C(C)C)C(C)C. The summed E-state index contributed by atoms with van der Waals surface area (Å²) < 4.78 is 2.69. The maximum atomic E-state index is 3.87. The van der Waals surface area contributed by atoms with Crippen LogP contribution in [0.25, 0.3) is 52.5 Å². The van der Waals surface area contributed by atoms with Crippen LogP contribution in [0.1, 0.15) is 39.5 Å². The van der Waals surface area contributed by atoms with Gasteiger partial charge in [-0.05, 0) is 79.1 Å². The molecule has 4 aromatic carbocycles. The second kappa shape index (κ2) is 8.49. The third-order valence-corrected chi connectivity index (χ3v) is 16.0. The molecule has 2 heterocycles. The molecule has 0 aliphatic heterocycles. The van der Waals surface area contributed by atoms with E-state index in [1.54, 1.807) is 0 Å². The minimum absolute atomic E-state index is 0.673. The minimum atomic E-state index is -1.64. The van der Waals surface area contributed by atoms with E-state index in [4.69, 9.17) is 0 Å². The lowest BCUT2D eigenvalue weighted by molar-refractivity contribution is 0.900. The molecule has 0 N–H and O–H groups in total. The van der Waals surface area contributed by atoms with E-state index in [1.807, 2.05) is 22.7 Å². The van der Waals surface area contributed by atoms with Crippen molar-refractivity contribution in [1.82, 2.24) is 0 Å². The van der Waals surface area contributed by atoms with Gasteiger partial charge in [-0.2, -0.15) is 0 Å². The van der Waals surface area contributed by atoms with Crippen LogP contribution < -0.4 is 0 Å². The first kappa shape index (κ1) is 22.8. The summed E-state index contributed by atoms with van der Waals surface area (Å²) in [5.41, 5.74) is 5.22. The van der Waals surface area contributed by atoms with Gasteiger partial charge < -0.3 is 0 Å². The Balaban J connectivity index is 1.54. The average molecular weight is 507 g/mol. The summed E-state index contributed by atoms with van der Waals surface area (Å²) in [6.07, 6.45) is 0. The van der Waals surface area contributed by atoms with Crippen LogP contribution in [-0.2, 0) is 0 Å². The van der Waals surface area contributed by atoms with Gasteiger partial charge in [0.15, 0.2) is 0 Å². The molecule has 0 unspecified atom stereocenters. The van der Waals surface area contributed by atoms with E-state index in [2.05, 4.69) is 112 Å². The van der Waals surface area contributed by atoms with Crippen molar-refractivity contribution in [3.05, 3.63) is 70.9 Å². The Hall–Kier alpha value is -2.64. The molecular weight excluding hydrogens is 477 g/mol. The van der Waals surface area contributed by atoms with Crippen molar-refractivity contribution in [2.24, 2.45) is 0 Å². The van der Waals surface area contributed by atoms with Gasteiger partial charge in [0.2, 0.25) is 0 Å². The fraction of sp³-hybridized carbons (Fsp3) is 0.250. The molecule has 0 radical (unpaired) electrons. The van der Waals surface area contributed by atoms with Crippen LogP contribution in [0.2, 0.25) is 17.1 Å². The summed E-state index contributed by atoms with van der Waals surface area (Å²) in [5.74, 6) is 3.66. The molecule has 0 nitrogen and oxygen atoms in total. The first-order chi connectivity index (χ1) is 16.9. The van der Waals surface area contributed by atoms with Crippen molar-refractivity contribution < 1.29 is 0 Å². The molecule has 35 heavy (non-hydrogen) atoms. The van der Waals surface area contributed by atoms with E-state index in [-0.39, 0.29) is 0 Å². The monoisotopic (exact) mass is 506 g/mol. The lowest BCUT2D eigenvalue weighted by Crippen LogP contribution is -2.39. The second-order valence-corrected chi connectivity index (χ2v) is 17.7. The first-order valence-electron chi connectivity index (χ1n) is 12.6. The standard InChI is InChI=1S/C32H30S2Si/c1-6-35(20(2)3,21(4)5)18-16-22-19-30-28-10-8-23-24(26(28)12-14-32(30)34-22)7-9-27-25(23)11-13-31-29(27)15-17-33-31/h7-15,17,19-21H,6H2,1-5H3. The van der Waals surface area contributed by atoms with Gasteiger partial charge in [-0.3, -0.25) is 0 Å². The molecule has 3 heteroatoms. The third kappa shape index (κ3) is 3.46. The summed E-state index contributed by atoms with van der Waals surface area (Å²) in [5, 5.41) is 12.9. The van der Waals surface area contributed by atoms with Crippen LogP contribution in [0.15, 0.2) is 66.0 Å². The van der Waals surface area contributed by atoms with Crippen LogP contribution in [0.4, 0.5) is 0 Å². The Morgan fingerprint density at radius 3 is 1.74 bits per heavy atom.